The van der Waals surface area contributed by atoms with Crippen LogP contribution in [0.4, 0.5) is 0 Å². The van der Waals surface area contributed by atoms with Gasteiger partial charge in [-0.25, -0.2) is 0 Å². The summed E-state index contributed by atoms with van der Waals surface area (Å²) in [4.78, 5) is 10.7. The van der Waals surface area contributed by atoms with Crippen LogP contribution in [0.3, 0.4) is 0 Å². The summed E-state index contributed by atoms with van der Waals surface area (Å²) < 4.78 is 0. The van der Waals surface area contributed by atoms with E-state index in [-0.39, 0.29) is 5.12 Å². The molecule has 0 bridgehead atoms. The molecule has 0 unspecified atom stereocenters. The largest absolute Gasteiger partial charge is 0.282 e. The Hall–Kier alpha value is -0.500. The monoisotopic (exact) mass is 142 g/mol. The van der Waals surface area contributed by atoms with Crippen molar-refractivity contribution in [1.29, 1.82) is 0 Å². The molecule has 0 spiro atoms. The summed E-state index contributed by atoms with van der Waals surface area (Å²) >= 11 is 1.23. The molecule has 0 radical (unpaired) electrons. The Kier molecular flexibility index (Phi) is 4.14. The van der Waals surface area contributed by atoms with Crippen LogP contribution in [0.15, 0.2) is 24.8 Å². The van der Waals surface area contributed by atoms with Gasteiger partial charge in [-0.05, 0) is 12.5 Å². The highest BCUT2D eigenvalue weighted by molar-refractivity contribution is 8.14. The van der Waals surface area contributed by atoms with Crippen molar-refractivity contribution < 1.29 is 4.79 Å². The van der Waals surface area contributed by atoms with Gasteiger partial charge in [-0.1, -0.05) is 24.4 Å². The molecule has 0 heterocycles. The van der Waals surface area contributed by atoms with Crippen LogP contribution < -0.4 is 0 Å². The zero-order chi connectivity index (χ0) is 7.28. The van der Waals surface area contributed by atoms with Gasteiger partial charge >= 0.3 is 0 Å². The smallest absolute Gasteiger partial charge is 0.214 e. The van der Waals surface area contributed by atoms with E-state index in [0.717, 1.165) is 0 Å². The van der Waals surface area contributed by atoms with E-state index < -0.39 is 0 Å². The third-order valence-electron chi connectivity index (χ3n) is 0.681. The molecule has 0 aliphatic heterocycles. The van der Waals surface area contributed by atoms with Crippen molar-refractivity contribution in [3.63, 3.8) is 0 Å². The fourth-order valence-electron chi connectivity index (χ4n) is 0.258. The standard InChI is InChI=1S/C7H10OS/c1-4-5-9-7(8)6(2)3/h4H,1-2,5H2,3H3. The lowest BCUT2D eigenvalue weighted by Crippen LogP contribution is -1.91. The van der Waals surface area contributed by atoms with Gasteiger partial charge < -0.3 is 0 Å². The molecule has 50 valence electrons. The molecular weight excluding hydrogens is 132 g/mol. The first kappa shape index (κ1) is 8.50. The van der Waals surface area contributed by atoms with Crippen molar-refractivity contribution >= 4 is 16.9 Å². The number of hydrogen-bond acceptors (Lipinski definition) is 2. The summed E-state index contributed by atoms with van der Waals surface area (Å²) in [5.41, 5.74) is 0.599. The molecule has 0 aromatic heterocycles. The fraction of sp³-hybridized carbons (Fsp3) is 0.286. The predicted octanol–water partition coefficient (Wildman–Crippen LogP) is 2.01. The van der Waals surface area contributed by atoms with Crippen LogP contribution in [0.5, 0.6) is 0 Å². The summed E-state index contributed by atoms with van der Waals surface area (Å²) in [5, 5.41) is 0.0508. The summed E-state index contributed by atoms with van der Waals surface area (Å²) in [7, 11) is 0. The van der Waals surface area contributed by atoms with Crippen molar-refractivity contribution in [1.82, 2.24) is 0 Å². The van der Waals surface area contributed by atoms with E-state index in [1.54, 1.807) is 13.0 Å². The van der Waals surface area contributed by atoms with Crippen LogP contribution in [-0.2, 0) is 4.79 Å². The third-order valence-corrected chi connectivity index (χ3v) is 1.69. The Morgan fingerprint density at radius 2 is 2.33 bits per heavy atom. The molecule has 0 aliphatic carbocycles. The summed E-state index contributed by atoms with van der Waals surface area (Å²) in [6, 6.07) is 0. The third kappa shape index (κ3) is 4.03. The van der Waals surface area contributed by atoms with E-state index in [0.29, 0.717) is 11.3 Å². The molecule has 0 aromatic rings. The Balaban J connectivity index is 3.51. The summed E-state index contributed by atoms with van der Waals surface area (Å²) in [5.74, 6) is 0.672. The van der Waals surface area contributed by atoms with E-state index >= 15 is 0 Å². The average Bonchev–Trinajstić information content (AvgIpc) is 1.82. The van der Waals surface area contributed by atoms with E-state index in [4.69, 9.17) is 0 Å². The molecule has 0 saturated carbocycles. The Morgan fingerprint density at radius 1 is 1.78 bits per heavy atom. The minimum absolute atomic E-state index is 0.0508. The molecule has 0 N–H and O–H groups in total. The number of thioether (sulfide) groups is 1. The second-order valence-corrected chi connectivity index (χ2v) is 2.66. The van der Waals surface area contributed by atoms with Gasteiger partial charge in [0, 0.05) is 5.75 Å². The highest BCUT2D eigenvalue weighted by Crippen LogP contribution is 2.07. The highest BCUT2D eigenvalue weighted by atomic mass is 32.2. The van der Waals surface area contributed by atoms with E-state index in [9.17, 15) is 4.79 Å². The summed E-state index contributed by atoms with van der Waals surface area (Å²) in [6.45, 7) is 8.70. The molecule has 0 aliphatic rings. The predicted molar refractivity (Wildman–Crippen MR) is 42.5 cm³/mol. The van der Waals surface area contributed by atoms with Crippen molar-refractivity contribution in [2.75, 3.05) is 5.75 Å². The van der Waals surface area contributed by atoms with Crippen molar-refractivity contribution in [3.8, 4) is 0 Å². The van der Waals surface area contributed by atoms with E-state index in [1.165, 1.54) is 11.8 Å². The first-order valence-electron chi connectivity index (χ1n) is 2.62. The molecule has 0 saturated heterocycles. The molecule has 0 fully saturated rings. The molecule has 0 aromatic carbocycles. The van der Waals surface area contributed by atoms with Gasteiger partial charge in [-0.2, -0.15) is 0 Å². The maximum Gasteiger partial charge on any atom is 0.214 e. The second kappa shape index (κ2) is 4.39. The van der Waals surface area contributed by atoms with Gasteiger partial charge in [0.05, 0.1) is 0 Å². The molecule has 1 nitrogen and oxygen atoms in total. The van der Waals surface area contributed by atoms with Crippen LogP contribution in [0.1, 0.15) is 6.92 Å². The van der Waals surface area contributed by atoms with Gasteiger partial charge in [-0.3, -0.25) is 4.79 Å². The topological polar surface area (TPSA) is 17.1 Å². The van der Waals surface area contributed by atoms with E-state index in [2.05, 4.69) is 13.2 Å². The van der Waals surface area contributed by atoms with Crippen molar-refractivity contribution in [2.45, 2.75) is 6.92 Å². The van der Waals surface area contributed by atoms with Gasteiger partial charge in [0.15, 0.2) is 0 Å². The number of hydrogen-bond donors (Lipinski definition) is 0. The van der Waals surface area contributed by atoms with Crippen LogP contribution in [-0.4, -0.2) is 10.9 Å². The Morgan fingerprint density at radius 3 is 2.67 bits per heavy atom. The van der Waals surface area contributed by atoms with Gasteiger partial charge in [0.1, 0.15) is 0 Å². The maximum absolute atomic E-state index is 10.7. The molecule has 0 amide bonds. The fourth-order valence-corrected chi connectivity index (χ4v) is 0.773. The lowest BCUT2D eigenvalue weighted by molar-refractivity contribution is -0.107. The number of rotatable bonds is 3. The van der Waals surface area contributed by atoms with Crippen LogP contribution in [0, 0.1) is 0 Å². The van der Waals surface area contributed by atoms with Crippen molar-refractivity contribution in [3.05, 3.63) is 24.8 Å². The minimum Gasteiger partial charge on any atom is -0.282 e. The lowest BCUT2D eigenvalue weighted by atomic mass is 10.4. The zero-order valence-electron chi connectivity index (χ0n) is 5.52. The molecule has 9 heavy (non-hydrogen) atoms. The number of carbonyl (C=O) groups is 1. The average molecular weight is 142 g/mol. The SMILES string of the molecule is C=CCSC(=O)C(=C)C. The quantitative estimate of drug-likeness (QED) is 0.443. The van der Waals surface area contributed by atoms with Crippen molar-refractivity contribution in [2.24, 2.45) is 0 Å². The summed E-state index contributed by atoms with van der Waals surface area (Å²) in [6.07, 6.45) is 1.70. The van der Waals surface area contributed by atoms with E-state index in [1.807, 2.05) is 0 Å². The molecule has 0 rings (SSSR count). The van der Waals surface area contributed by atoms with Crippen LogP contribution in [0.25, 0.3) is 0 Å². The molecule has 0 atom stereocenters. The Bertz CT molecular complexity index is 138. The van der Waals surface area contributed by atoms with Crippen LogP contribution >= 0.6 is 11.8 Å². The Labute approximate surface area is 59.8 Å². The van der Waals surface area contributed by atoms with Gasteiger partial charge in [0.2, 0.25) is 5.12 Å². The van der Waals surface area contributed by atoms with Gasteiger partial charge in [0.25, 0.3) is 0 Å². The maximum atomic E-state index is 10.7. The normalized spacial score (nSPS) is 8.56. The van der Waals surface area contributed by atoms with Gasteiger partial charge in [-0.15, -0.1) is 6.58 Å². The molecular formula is C7H10OS. The minimum atomic E-state index is 0.0508. The van der Waals surface area contributed by atoms with Crippen LogP contribution in [0.2, 0.25) is 0 Å². The lowest BCUT2D eigenvalue weighted by Gasteiger charge is -1.92. The number of carbonyl (C=O) groups excluding carboxylic acids is 1. The second-order valence-electron chi connectivity index (χ2n) is 1.67. The highest BCUT2D eigenvalue weighted by Gasteiger charge is 1.98. The first-order valence-corrected chi connectivity index (χ1v) is 3.60. The first-order chi connectivity index (χ1) is 4.18. The molecule has 2 heteroatoms. The zero-order valence-corrected chi connectivity index (χ0v) is 6.33.